The Morgan fingerprint density at radius 2 is 1.74 bits per heavy atom. The SMILES string of the molecule is CO[C@H]1CC[C@@H](N2CCC(n3c(=O)[nH]c4cc(F)c(C)cc43)CC2)CC1.Cl. The largest absolute Gasteiger partial charge is 0.381 e. The Morgan fingerprint density at radius 3 is 2.37 bits per heavy atom. The topological polar surface area (TPSA) is 50.3 Å². The molecule has 1 saturated heterocycles. The Kier molecular flexibility index (Phi) is 6.28. The zero-order valence-electron chi connectivity index (χ0n) is 16.0. The summed E-state index contributed by atoms with van der Waals surface area (Å²) in [7, 11) is 1.81. The van der Waals surface area contributed by atoms with Crippen LogP contribution in [0.1, 0.15) is 50.1 Å². The number of hydrogen-bond donors (Lipinski definition) is 1. The lowest BCUT2D eigenvalue weighted by molar-refractivity contribution is 0.0296. The van der Waals surface area contributed by atoms with Crippen molar-refractivity contribution in [2.24, 2.45) is 0 Å². The minimum absolute atomic E-state index is 0. The Morgan fingerprint density at radius 1 is 1.07 bits per heavy atom. The van der Waals surface area contributed by atoms with E-state index in [1.54, 1.807) is 13.0 Å². The lowest BCUT2D eigenvalue weighted by Crippen LogP contribution is -2.45. The van der Waals surface area contributed by atoms with Crippen LogP contribution in [-0.4, -0.2) is 46.8 Å². The van der Waals surface area contributed by atoms with Crippen LogP contribution in [0.3, 0.4) is 0 Å². The van der Waals surface area contributed by atoms with Crippen LogP contribution in [0.15, 0.2) is 16.9 Å². The zero-order valence-corrected chi connectivity index (χ0v) is 16.9. The van der Waals surface area contributed by atoms with E-state index in [4.69, 9.17) is 4.74 Å². The highest BCUT2D eigenvalue weighted by molar-refractivity contribution is 5.85. The van der Waals surface area contributed by atoms with Crippen LogP contribution in [0.25, 0.3) is 11.0 Å². The molecule has 0 bridgehead atoms. The molecular weight excluding hydrogens is 369 g/mol. The average Bonchev–Trinajstić information content (AvgIpc) is 2.97. The monoisotopic (exact) mass is 397 g/mol. The summed E-state index contributed by atoms with van der Waals surface area (Å²) in [6.07, 6.45) is 7.06. The first-order valence-electron chi connectivity index (χ1n) is 9.74. The van der Waals surface area contributed by atoms with Crippen LogP contribution in [0.5, 0.6) is 0 Å². The lowest BCUT2D eigenvalue weighted by Gasteiger charge is -2.40. The van der Waals surface area contributed by atoms with Crippen molar-refractivity contribution in [3.8, 4) is 0 Å². The summed E-state index contributed by atoms with van der Waals surface area (Å²) in [5.41, 5.74) is 1.88. The lowest BCUT2D eigenvalue weighted by atomic mass is 9.90. The number of piperidine rings is 1. The molecule has 4 rings (SSSR count). The van der Waals surface area contributed by atoms with Gasteiger partial charge in [0.05, 0.1) is 17.1 Å². The van der Waals surface area contributed by atoms with Crippen LogP contribution >= 0.6 is 12.4 Å². The summed E-state index contributed by atoms with van der Waals surface area (Å²) in [4.78, 5) is 17.9. The molecule has 2 fully saturated rings. The summed E-state index contributed by atoms with van der Waals surface area (Å²) in [6, 6.07) is 4.07. The first-order chi connectivity index (χ1) is 12.6. The molecule has 27 heavy (non-hydrogen) atoms. The molecule has 1 aliphatic heterocycles. The number of aromatic amines is 1. The maximum absolute atomic E-state index is 13.8. The van der Waals surface area contributed by atoms with Gasteiger partial charge in [-0.25, -0.2) is 9.18 Å². The Bertz CT molecular complexity index is 834. The van der Waals surface area contributed by atoms with Gasteiger partial charge in [-0.05, 0) is 63.1 Å². The second-order valence-electron chi connectivity index (χ2n) is 7.85. The second-order valence-corrected chi connectivity index (χ2v) is 7.85. The molecule has 7 heteroatoms. The van der Waals surface area contributed by atoms with Crippen LogP contribution in [-0.2, 0) is 4.74 Å². The van der Waals surface area contributed by atoms with E-state index in [-0.39, 0.29) is 30.0 Å². The molecule has 1 saturated carbocycles. The number of halogens is 2. The second kappa shape index (κ2) is 8.33. The van der Waals surface area contributed by atoms with Gasteiger partial charge in [0.15, 0.2) is 0 Å². The number of aryl methyl sites for hydroxylation is 1. The van der Waals surface area contributed by atoms with Gasteiger partial charge in [-0.2, -0.15) is 0 Å². The van der Waals surface area contributed by atoms with E-state index in [1.165, 1.54) is 18.9 Å². The maximum atomic E-state index is 13.8. The number of hydrogen-bond acceptors (Lipinski definition) is 3. The Balaban J connectivity index is 0.00000210. The van der Waals surface area contributed by atoms with Crippen molar-refractivity contribution in [3.05, 3.63) is 34.0 Å². The van der Waals surface area contributed by atoms with E-state index in [0.29, 0.717) is 23.2 Å². The van der Waals surface area contributed by atoms with E-state index >= 15 is 0 Å². The van der Waals surface area contributed by atoms with Gasteiger partial charge in [-0.1, -0.05) is 0 Å². The third-order valence-corrected chi connectivity index (χ3v) is 6.35. The number of fused-ring (bicyclic) bond motifs is 1. The molecule has 1 aliphatic carbocycles. The number of aromatic nitrogens is 2. The first-order valence-corrected chi connectivity index (χ1v) is 9.74. The molecule has 0 unspecified atom stereocenters. The highest BCUT2D eigenvalue weighted by Gasteiger charge is 2.30. The first kappa shape index (κ1) is 20.4. The third kappa shape index (κ3) is 3.93. The molecule has 5 nitrogen and oxygen atoms in total. The van der Waals surface area contributed by atoms with Gasteiger partial charge >= 0.3 is 5.69 Å². The minimum atomic E-state index is -0.271. The van der Waals surface area contributed by atoms with Gasteiger partial charge in [-0.3, -0.25) is 4.57 Å². The van der Waals surface area contributed by atoms with Gasteiger partial charge in [0.1, 0.15) is 5.82 Å². The zero-order chi connectivity index (χ0) is 18.3. The summed E-state index contributed by atoms with van der Waals surface area (Å²) < 4.78 is 21.1. The minimum Gasteiger partial charge on any atom is -0.381 e. The number of nitrogens with one attached hydrogen (secondary N) is 1. The molecule has 0 radical (unpaired) electrons. The molecule has 0 spiro atoms. The van der Waals surface area contributed by atoms with Crippen molar-refractivity contribution in [1.29, 1.82) is 0 Å². The van der Waals surface area contributed by atoms with Crippen molar-refractivity contribution in [1.82, 2.24) is 14.5 Å². The fraction of sp³-hybridized carbons (Fsp3) is 0.650. The number of imidazole rings is 1. The molecule has 1 aromatic heterocycles. The molecule has 0 atom stereocenters. The standard InChI is InChI=1S/C20H28FN3O2.ClH/c1-13-11-19-18(12-17(13)21)22-20(25)24(19)15-7-9-23(10-8-15)14-3-5-16(26-2)6-4-14;/h11-12,14-16H,3-10H2,1-2H3,(H,22,25);1H/t14-,16+;. The predicted octanol–water partition coefficient (Wildman–Crippen LogP) is 3.79. The molecule has 2 aliphatic rings. The highest BCUT2D eigenvalue weighted by Crippen LogP contribution is 2.31. The van der Waals surface area contributed by atoms with E-state index in [1.807, 2.05) is 11.7 Å². The maximum Gasteiger partial charge on any atom is 0.326 e. The van der Waals surface area contributed by atoms with Crippen molar-refractivity contribution in [2.45, 2.75) is 63.6 Å². The van der Waals surface area contributed by atoms with E-state index < -0.39 is 0 Å². The molecule has 1 N–H and O–H groups in total. The number of likely N-dealkylation sites (tertiary alicyclic amines) is 1. The fourth-order valence-electron chi connectivity index (χ4n) is 4.77. The predicted molar refractivity (Wildman–Crippen MR) is 107 cm³/mol. The summed E-state index contributed by atoms with van der Waals surface area (Å²) in [6.45, 7) is 3.79. The van der Waals surface area contributed by atoms with Gasteiger partial charge in [0.2, 0.25) is 0 Å². The van der Waals surface area contributed by atoms with E-state index in [2.05, 4.69) is 9.88 Å². The number of benzene rings is 1. The van der Waals surface area contributed by atoms with Crippen molar-refractivity contribution in [3.63, 3.8) is 0 Å². The molecule has 0 amide bonds. The van der Waals surface area contributed by atoms with Crippen LogP contribution < -0.4 is 5.69 Å². The summed E-state index contributed by atoms with van der Waals surface area (Å²) in [5, 5.41) is 0. The van der Waals surface area contributed by atoms with Gasteiger partial charge in [-0.15, -0.1) is 12.4 Å². The molecule has 150 valence electrons. The highest BCUT2D eigenvalue weighted by atomic mass is 35.5. The number of methoxy groups -OCH3 is 1. The normalized spacial score (nSPS) is 24.9. The van der Waals surface area contributed by atoms with Crippen LogP contribution in [0.4, 0.5) is 4.39 Å². The van der Waals surface area contributed by atoms with Crippen molar-refractivity contribution >= 4 is 23.4 Å². The Hall–Kier alpha value is -1.37. The van der Waals surface area contributed by atoms with Gasteiger partial charge in [0, 0.05) is 32.3 Å². The van der Waals surface area contributed by atoms with Crippen molar-refractivity contribution in [2.75, 3.05) is 20.2 Å². The van der Waals surface area contributed by atoms with Crippen LogP contribution in [0, 0.1) is 12.7 Å². The third-order valence-electron chi connectivity index (χ3n) is 6.35. The molecular formula is C20H29ClFN3O2. The Labute approximate surface area is 165 Å². The smallest absolute Gasteiger partial charge is 0.326 e. The number of nitrogens with zero attached hydrogens (tertiary/aromatic N) is 2. The molecule has 2 heterocycles. The van der Waals surface area contributed by atoms with Gasteiger partial charge in [0.25, 0.3) is 0 Å². The molecule has 2 aromatic rings. The number of rotatable bonds is 3. The summed E-state index contributed by atoms with van der Waals surface area (Å²) in [5.74, 6) is -0.271. The summed E-state index contributed by atoms with van der Waals surface area (Å²) >= 11 is 0. The van der Waals surface area contributed by atoms with E-state index in [0.717, 1.165) is 44.3 Å². The van der Waals surface area contributed by atoms with Crippen molar-refractivity contribution < 1.29 is 9.13 Å². The number of H-pyrrole nitrogens is 1. The van der Waals surface area contributed by atoms with E-state index in [9.17, 15) is 9.18 Å². The quantitative estimate of drug-likeness (QED) is 0.857. The fourth-order valence-corrected chi connectivity index (χ4v) is 4.77. The average molecular weight is 398 g/mol. The molecule has 1 aromatic carbocycles. The van der Waals surface area contributed by atoms with Gasteiger partial charge < -0.3 is 14.6 Å². The number of ether oxygens (including phenoxy) is 1. The van der Waals surface area contributed by atoms with Crippen LogP contribution in [0.2, 0.25) is 0 Å².